The molecule has 0 aliphatic carbocycles. The van der Waals surface area contributed by atoms with Crippen LogP contribution < -0.4 is 0 Å². The second-order valence-corrected chi connectivity index (χ2v) is 7.40. The predicted molar refractivity (Wildman–Crippen MR) is 109 cm³/mol. The van der Waals surface area contributed by atoms with Gasteiger partial charge in [0, 0.05) is 10.5 Å². The maximum absolute atomic E-state index is 12.6. The lowest BCUT2D eigenvalue weighted by Crippen LogP contribution is -2.17. The average Bonchev–Trinajstić information content (AvgIpc) is 3.26. The van der Waals surface area contributed by atoms with Gasteiger partial charge in [0.2, 0.25) is 0 Å². The minimum Gasteiger partial charge on any atom is -0.461 e. The molecule has 3 aromatic rings. The van der Waals surface area contributed by atoms with Crippen molar-refractivity contribution in [1.82, 2.24) is 9.97 Å². The van der Waals surface area contributed by atoms with Gasteiger partial charge in [-0.1, -0.05) is 12.1 Å². The highest BCUT2D eigenvalue weighted by Gasteiger charge is 2.22. The molecular formula is C20H18N2O4S2. The van der Waals surface area contributed by atoms with Crippen LogP contribution in [0, 0.1) is 6.92 Å². The molecule has 0 aliphatic heterocycles. The fraction of sp³-hybridized carbons (Fsp3) is 0.200. The Morgan fingerprint density at radius 2 is 1.82 bits per heavy atom. The van der Waals surface area contributed by atoms with Crippen molar-refractivity contribution in [3.05, 3.63) is 59.5 Å². The number of carbonyl (C=O) groups excluding carboxylic acids is 2. The fourth-order valence-electron chi connectivity index (χ4n) is 2.51. The SMILES string of the molecule is CSc1ccc(C(=O)COC(=O)c2c(C)nc(-c3ccco3)nc2SC)cc1. The number of aryl methyl sites for hydroxylation is 1. The van der Waals surface area contributed by atoms with Crippen molar-refractivity contribution in [1.29, 1.82) is 0 Å². The second kappa shape index (κ2) is 9.07. The lowest BCUT2D eigenvalue weighted by molar-refractivity contribution is 0.0469. The summed E-state index contributed by atoms with van der Waals surface area (Å²) in [5, 5.41) is 0.473. The predicted octanol–water partition coefficient (Wildman–Crippen LogP) is 4.53. The molecule has 0 aliphatic rings. The van der Waals surface area contributed by atoms with E-state index >= 15 is 0 Å². The number of ketones is 1. The monoisotopic (exact) mass is 414 g/mol. The molecule has 0 N–H and O–H groups in total. The zero-order valence-electron chi connectivity index (χ0n) is 15.6. The van der Waals surface area contributed by atoms with Crippen LogP contribution in [0.1, 0.15) is 26.4 Å². The van der Waals surface area contributed by atoms with Gasteiger partial charge in [0.1, 0.15) is 10.6 Å². The van der Waals surface area contributed by atoms with Crippen molar-refractivity contribution in [2.45, 2.75) is 16.8 Å². The molecule has 6 nitrogen and oxygen atoms in total. The van der Waals surface area contributed by atoms with Gasteiger partial charge in [-0.3, -0.25) is 4.79 Å². The lowest BCUT2D eigenvalue weighted by atomic mass is 10.1. The third-order valence-electron chi connectivity index (χ3n) is 3.94. The summed E-state index contributed by atoms with van der Waals surface area (Å²) in [5.74, 6) is 0.0231. The average molecular weight is 415 g/mol. The van der Waals surface area contributed by atoms with E-state index < -0.39 is 5.97 Å². The normalized spacial score (nSPS) is 10.7. The highest BCUT2D eigenvalue weighted by atomic mass is 32.2. The molecule has 0 amide bonds. The number of carbonyl (C=O) groups is 2. The maximum Gasteiger partial charge on any atom is 0.343 e. The molecule has 0 atom stereocenters. The smallest absolute Gasteiger partial charge is 0.343 e. The topological polar surface area (TPSA) is 82.3 Å². The molecule has 8 heteroatoms. The zero-order chi connectivity index (χ0) is 20.1. The first-order chi connectivity index (χ1) is 13.5. The Labute approximate surface area is 171 Å². The Bertz CT molecular complexity index is 986. The van der Waals surface area contributed by atoms with E-state index in [1.54, 1.807) is 43.0 Å². The van der Waals surface area contributed by atoms with Crippen LogP contribution in [-0.4, -0.2) is 40.8 Å². The third-order valence-corrected chi connectivity index (χ3v) is 5.37. The molecular weight excluding hydrogens is 396 g/mol. The molecule has 28 heavy (non-hydrogen) atoms. The summed E-state index contributed by atoms with van der Waals surface area (Å²) in [5.41, 5.74) is 1.22. The molecule has 0 radical (unpaired) electrons. The minimum atomic E-state index is -0.623. The van der Waals surface area contributed by atoms with E-state index in [0.29, 0.717) is 27.9 Å². The summed E-state index contributed by atoms with van der Waals surface area (Å²) in [7, 11) is 0. The molecule has 0 unspecified atom stereocenters. The number of nitrogens with zero attached hydrogens (tertiary/aromatic N) is 2. The number of furan rings is 1. The number of Topliss-reactive ketones (excluding diaryl/α,β-unsaturated/α-hetero) is 1. The quantitative estimate of drug-likeness (QED) is 0.241. The van der Waals surface area contributed by atoms with Gasteiger partial charge in [-0.05, 0) is 43.7 Å². The van der Waals surface area contributed by atoms with Gasteiger partial charge < -0.3 is 9.15 Å². The Kier molecular flexibility index (Phi) is 6.53. The largest absolute Gasteiger partial charge is 0.461 e. The molecule has 0 saturated heterocycles. The highest BCUT2D eigenvalue weighted by Crippen LogP contribution is 2.25. The van der Waals surface area contributed by atoms with Crippen molar-refractivity contribution in [2.75, 3.05) is 19.1 Å². The number of thioether (sulfide) groups is 2. The van der Waals surface area contributed by atoms with Crippen molar-refractivity contribution in [3.8, 4) is 11.6 Å². The van der Waals surface area contributed by atoms with Gasteiger partial charge >= 0.3 is 5.97 Å². The van der Waals surface area contributed by atoms with E-state index in [1.807, 2.05) is 24.6 Å². The summed E-state index contributed by atoms with van der Waals surface area (Å²) >= 11 is 2.89. The first kappa shape index (κ1) is 20.2. The number of benzene rings is 1. The Morgan fingerprint density at radius 1 is 1.07 bits per heavy atom. The Hall–Kier alpha value is -2.58. The summed E-state index contributed by atoms with van der Waals surface area (Å²) in [6, 6.07) is 10.7. The molecule has 0 fully saturated rings. The van der Waals surface area contributed by atoms with Crippen LogP contribution in [0.3, 0.4) is 0 Å². The van der Waals surface area contributed by atoms with Crippen LogP contribution in [0.15, 0.2) is 57.0 Å². The maximum atomic E-state index is 12.6. The number of aromatic nitrogens is 2. The van der Waals surface area contributed by atoms with E-state index in [4.69, 9.17) is 9.15 Å². The van der Waals surface area contributed by atoms with Crippen LogP contribution in [-0.2, 0) is 4.74 Å². The fourth-order valence-corrected chi connectivity index (χ4v) is 3.53. The number of ether oxygens (including phenoxy) is 1. The summed E-state index contributed by atoms with van der Waals surface area (Å²) in [4.78, 5) is 34.7. The molecule has 0 spiro atoms. The molecule has 3 rings (SSSR count). The first-order valence-electron chi connectivity index (χ1n) is 8.34. The van der Waals surface area contributed by atoms with E-state index in [1.165, 1.54) is 18.0 Å². The van der Waals surface area contributed by atoms with E-state index in [0.717, 1.165) is 4.90 Å². The van der Waals surface area contributed by atoms with Crippen LogP contribution in [0.25, 0.3) is 11.6 Å². The third kappa shape index (κ3) is 4.45. The van der Waals surface area contributed by atoms with Crippen molar-refractivity contribution >= 4 is 35.3 Å². The van der Waals surface area contributed by atoms with Crippen molar-refractivity contribution in [2.24, 2.45) is 0 Å². The molecule has 144 valence electrons. The summed E-state index contributed by atoms with van der Waals surface area (Å²) < 4.78 is 10.6. The van der Waals surface area contributed by atoms with E-state index in [9.17, 15) is 9.59 Å². The summed E-state index contributed by atoms with van der Waals surface area (Å²) in [6.45, 7) is 1.36. The first-order valence-corrected chi connectivity index (χ1v) is 10.8. The van der Waals surface area contributed by atoms with Crippen LogP contribution >= 0.6 is 23.5 Å². The lowest BCUT2D eigenvalue weighted by Gasteiger charge is -2.11. The number of rotatable bonds is 7. The number of esters is 1. The van der Waals surface area contributed by atoms with Gasteiger partial charge in [-0.2, -0.15) is 0 Å². The molecule has 2 heterocycles. The minimum absolute atomic E-state index is 0.258. The van der Waals surface area contributed by atoms with Gasteiger partial charge in [-0.25, -0.2) is 14.8 Å². The van der Waals surface area contributed by atoms with Gasteiger partial charge in [0.05, 0.1) is 12.0 Å². The standard InChI is InChI=1S/C20H18N2O4S2/c1-12-17(19(28-3)22-18(21-12)16-5-4-10-25-16)20(24)26-11-15(23)13-6-8-14(27-2)9-7-13/h4-10H,11H2,1-3H3. The van der Waals surface area contributed by atoms with Gasteiger partial charge in [-0.15, -0.1) is 23.5 Å². The Morgan fingerprint density at radius 3 is 2.43 bits per heavy atom. The molecule has 1 aromatic carbocycles. The van der Waals surface area contributed by atoms with Gasteiger partial charge in [0.15, 0.2) is 24.0 Å². The van der Waals surface area contributed by atoms with Crippen molar-refractivity contribution in [3.63, 3.8) is 0 Å². The van der Waals surface area contributed by atoms with Gasteiger partial charge in [0.25, 0.3) is 0 Å². The second-order valence-electron chi connectivity index (χ2n) is 5.72. The molecule has 0 saturated carbocycles. The van der Waals surface area contributed by atoms with Crippen LogP contribution in [0.5, 0.6) is 0 Å². The highest BCUT2D eigenvalue weighted by molar-refractivity contribution is 7.98. The number of hydrogen-bond donors (Lipinski definition) is 0. The summed E-state index contributed by atoms with van der Waals surface area (Å²) in [6.07, 6.45) is 5.30. The number of hydrogen-bond acceptors (Lipinski definition) is 8. The Balaban J connectivity index is 1.75. The van der Waals surface area contributed by atoms with E-state index in [-0.39, 0.29) is 18.0 Å². The van der Waals surface area contributed by atoms with Crippen molar-refractivity contribution < 1.29 is 18.7 Å². The van der Waals surface area contributed by atoms with Crippen LogP contribution in [0.2, 0.25) is 0 Å². The molecule has 0 bridgehead atoms. The molecule has 2 aromatic heterocycles. The van der Waals surface area contributed by atoms with E-state index in [2.05, 4.69) is 9.97 Å². The van der Waals surface area contributed by atoms with Crippen LogP contribution in [0.4, 0.5) is 0 Å². The zero-order valence-corrected chi connectivity index (χ0v) is 17.2.